The molecule has 2 N–H and O–H groups in total. The first-order valence-corrected chi connectivity index (χ1v) is 3.68. The van der Waals surface area contributed by atoms with Crippen molar-refractivity contribution in [3.63, 3.8) is 0 Å². The Balaban J connectivity index is 2.46. The smallest absolute Gasteiger partial charge is 0.210 e. The third kappa shape index (κ3) is 1.69. The first-order valence-electron chi connectivity index (χ1n) is 4.09. The summed E-state index contributed by atoms with van der Waals surface area (Å²) in [6.07, 6.45) is -3.15. The van der Waals surface area contributed by atoms with Gasteiger partial charge in [0.1, 0.15) is 18.4 Å². The van der Waals surface area contributed by atoms with E-state index in [4.69, 9.17) is 6.17 Å². The molecule has 4 heteroatoms. The van der Waals surface area contributed by atoms with E-state index in [2.05, 4.69) is 5.11 Å². The van der Waals surface area contributed by atoms with Gasteiger partial charge in [0.2, 0.25) is 1.43 Å². The highest BCUT2D eigenvalue weighted by Crippen LogP contribution is 2.22. The predicted octanol–water partition coefficient (Wildman–Crippen LogP) is -0.287. The van der Waals surface area contributed by atoms with Crippen molar-refractivity contribution in [3.05, 3.63) is 0 Å². The lowest BCUT2D eigenvalue weighted by Gasteiger charge is -2.33. The van der Waals surface area contributed by atoms with Gasteiger partial charge in [-0.1, -0.05) is 6.92 Å². The quantitative estimate of drug-likeness (QED) is 0.591. The molecule has 0 aromatic heterocycles. The van der Waals surface area contributed by atoms with Crippen molar-refractivity contribution in [2.45, 2.75) is 25.3 Å². The van der Waals surface area contributed by atoms with Crippen LogP contribution in [0.2, 0.25) is 0 Å². The molecule has 1 saturated heterocycles. The number of ether oxygens (including phenoxy) is 1. The summed E-state index contributed by atoms with van der Waals surface area (Å²) < 4.78 is 24.6. The first kappa shape index (κ1) is 7.46. The zero-order valence-electron chi connectivity index (χ0n) is 7.37. The fraction of sp³-hybridized carbons (Fsp3) is 1.00. The van der Waals surface area contributed by atoms with Crippen LogP contribution in [-0.2, 0) is 4.74 Å². The van der Waals surface area contributed by atoms with E-state index >= 15 is 0 Å². The van der Waals surface area contributed by atoms with Gasteiger partial charge in [-0.2, -0.15) is 0 Å². The number of aliphatic hydroxyl groups is 2. The summed E-state index contributed by atoms with van der Waals surface area (Å²) in [7, 11) is 0. The molecule has 1 aliphatic rings. The topological polar surface area (TPSA) is 49.7 Å². The van der Waals surface area contributed by atoms with E-state index in [1.165, 1.54) is 0 Å². The van der Waals surface area contributed by atoms with Crippen molar-refractivity contribution < 1.29 is 19.3 Å². The highest BCUT2D eigenvalue weighted by Gasteiger charge is 2.36. The molecule has 0 spiro atoms. The van der Waals surface area contributed by atoms with Gasteiger partial charge in [-0.15, -0.1) is 0 Å². The number of rotatable bonds is 2. The third-order valence-corrected chi connectivity index (χ3v) is 1.99. The SMILES string of the molecule is [2H]OCC1OC[C@@H](C)[C@H](F)[C@@H]1O. The second-order valence-corrected chi connectivity index (χ2v) is 2.95. The van der Waals surface area contributed by atoms with Gasteiger partial charge in [-0.05, 0) is 0 Å². The first-order chi connectivity index (χ1) is 5.66. The summed E-state index contributed by atoms with van der Waals surface area (Å²) in [5.41, 5.74) is 0. The van der Waals surface area contributed by atoms with Gasteiger partial charge in [-0.25, -0.2) is 4.39 Å². The van der Waals surface area contributed by atoms with Crippen LogP contribution in [0.25, 0.3) is 0 Å². The number of hydrogen-bond acceptors (Lipinski definition) is 3. The largest absolute Gasteiger partial charge is 0.394 e. The Morgan fingerprint density at radius 3 is 3.18 bits per heavy atom. The standard InChI is InChI=1S/C7H13FO3/c1-4-3-11-5(2-9)7(10)6(4)8/h4-7,9-10H,2-3H2,1H3/t4-,5?,6+,7-/m1/s1/i9D. The molecule has 1 rings (SSSR count). The van der Waals surface area contributed by atoms with Crippen LogP contribution in [0.15, 0.2) is 0 Å². The van der Waals surface area contributed by atoms with Gasteiger partial charge in [0.25, 0.3) is 0 Å². The van der Waals surface area contributed by atoms with Crippen molar-refractivity contribution in [1.82, 2.24) is 0 Å². The Bertz CT molecular complexity index is 147. The molecule has 1 aliphatic heterocycles. The predicted molar refractivity (Wildman–Crippen MR) is 36.9 cm³/mol. The van der Waals surface area contributed by atoms with Crippen molar-refractivity contribution in [3.8, 4) is 0 Å². The summed E-state index contributed by atoms with van der Waals surface area (Å²) in [6.45, 7) is 1.85. The van der Waals surface area contributed by atoms with E-state index in [0.29, 0.717) is 0 Å². The Morgan fingerprint density at radius 2 is 2.55 bits per heavy atom. The minimum Gasteiger partial charge on any atom is -0.394 e. The molecule has 0 radical (unpaired) electrons. The van der Waals surface area contributed by atoms with E-state index < -0.39 is 18.4 Å². The van der Waals surface area contributed by atoms with E-state index in [-0.39, 0.29) is 19.1 Å². The zero-order chi connectivity index (χ0) is 9.14. The lowest BCUT2D eigenvalue weighted by Crippen LogP contribution is -2.48. The maximum absolute atomic E-state index is 13.1. The molecule has 0 amide bonds. The summed E-state index contributed by atoms with van der Waals surface area (Å²) in [6, 6.07) is 0. The van der Waals surface area contributed by atoms with Crippen LogP contribution in [0.4, 0.5) is 4.39 Å². The molecule has 3 nitrogen and oxygen atoms in total. The maximum Gasteiger partial charge on any atom is 0.210 e. The molecular formula is C7H13FO3. The van der Waals surface area contributed by atoms with E-state index in [1.54, 1.807) is 6.92 Å². The minimum absolute atomic E-state index is 0.0890. The average molecular weight is 165 g/mol. The fourth-order valence-corrected chi connectivity index (χ4v) is 1.15. The van der Waals surface area contributed by atoms with Crippen molar-refractivity contribution in [2.24, 2.45) is 5.92 Å². The Kier molecular flexibility index (Phi) is 2.35. The molecule has 11 heavy (non-hydrogen) atoms. The summed E-state index contributed by atoms with van der Waals surface area (Å²) in [4.78, 5) is 0. The molecule has 0 aromatic carbocycles. The Morgan fingerprint density at radius 1 is 1.82 bits per heavy atom. The molecular weight excluding hydrogens is 151 g/mol. The zero-order valence-corrected chi connectivity index (χ0v) is 6.37. The second kappa shape index (κ2) is 3.47. The van der Waals surface area contributed by atoms with Crippen LogP contribution in [0.5, 0.6) is 0 Å². The number of alkyl halides is 1. The van der Waals surface area contributed by atoms with Gasteiger partial charge < -0.3 is 15.0 Å². The number of halogens is 1. The second-order valence-electron chi connectivity index (χ2n) is 2.95. The summed E-state index contributed by atoms with van der Waals surface area (Å²) >= 11 is 0. The molecule has 0 aliphatic carbocycles. The molecule has 4 atom stereocenters. The van der Waals surface area contributed by atoms with Crippen LogP contribution in [0.3, 0.4) is 0 Å². The molecule has 0 bridgehead atoms. The van der Waals surface area contributed by atoms with Gasteiger partial charge in [-0.3, -0.25) is 0 Å². The highest BCUT2D eigenvalue weighted by atomic mass is 19.1. The van der Waals surface area contributed by atoms with Crippen molar-refractivity contribution >= 4 is 0 Å². The van der Waals surface area contributed by atoms with Crippen LogP contribution >= 0.6 is 0 Å². The molecule has 1 heterocycles. The van der Waals surface area contributed by atoms with Crippen molar-refractivity contribution in [1.29, 1.82) is 1.43 Å². The van der Waals surface area contributed by atoms with Crippen LogP contribution in [-0.4, -0.2) is 43.2 Å². The average Bonchev–Trinajstić information content (AvgIpc) is 2.07. The van der Waals surface area contributed by atoms with Crippen molar-refractivity contribution in [2.75, 3.05) is 13.2 Å². The van der Waals surface area contributed by atoms with Gasteiger partial charge in [0.05, 0.1) is 13.2 Å². The van der Waals surface area contributed by atoms with Gasteiger partial charge in [0.15, 0.2) is 0 Å². The maximum atomic E-state index is 13.1. The molecule has 1 fully saturated rings. The molecule has 1 unspecified atom stereocenters. The van der Waals surface area contributed by atoms with Crippen LogP contribution in [0, 0.1) is 5.92 Å². The lowest BCUT2D eigenvalue weighted by molar-refractivity contribution is -0.149. The monoisotopic (exact) mass is 165 g/mol. The van der Waals surface area contributed by atoms with E-state index in [1.807, 2.05) is 0 Å². The Hall–Kier alpha value is -0.190. The minimum atomic E-state index is -1.28. The van der Waals surface area contributed by atoms with Gasteiger partial charge >= 0.3 is 0 Å². The third-order valence-electron chi connectivity index (χ3n) is 1.99. The number of hydrogen-bond donors (Lipinski definition) is 2. The van der Waals surface area contributed by atoms with E-state index in [9.17, 15) is 9.50 Å². The molecule has 0 saturated carbocycles. The number of aliphatic hydroxyl groups excluding tert-OH is 2. The van der Waals surface area contributed by atoms with Gasteiger partial charge in [0, 0.05) is 5.92 Å². The van der Waals surface area contributed by atoms with Crippen LogP contribution < -0.4 is 0 Å². The lowest BCUT2D eigenvalue weighted by atomic mass is 9.95. The summed E-state index contributed by atoms with van der Waals surface area (Å²) in [5, 5.41) is 13.3. The molecule has 0 aromatic rings. The summed E-state index contributed by atoms with van der Waals surface area (Å²) in [5.74, 6) is -0.290. The Labute approximate surface area is 66.3 Å². The molecule has 66 valence electrons. The fourth-order valence-electron chi connectivity index (χ4n) is 1.15. The normalized spacial score (nSPS) is 47.0. The van der Waals surface area contributed by atoms with Crippen LogP contribution in [0.1, 0.15) is 6.92 Å². The van der Waals surface area contributed by atoms with E-state index in [0.717, 1.165) is 0 Å². The highest BCUT2D eigenvalue weighted by molar-refractivity contribution is 4.84.